The minimum atomic E-state index is -1.12. The molecule has 2 aliphatic rings. The zero-order chi connectivity index (χ0) is 21.5. The second-order valence-corrected chi connectivity index (χ2v) is 7.22. The van der Waals surface area contributed by atoms with E-state index in [1.165, 1.54) is 6.07 Å². The summed E-state index contributed by atoms with van der Waals surface area (Å²) < 4.78 is 17.9. The van der Waals surface area contributed by atoms with Crippen molar-refractivity contribution >= 4 is 5.97 Å². The van der Waals surface area contributed by atoms with Crippen LogP contribution in [0, 0.1) is 0 Å². The van der Waals surface area contributed by atoms with Gasteiger partial charge in [-0.25, -0.2) is 4.79 Å². The lowest BCUT2D eigenvalue weighted by Crippen LogP contribution is -2.33. The summed E-state index contributed by atoms with van der Waals surface area (Å²) in [6.07, 6.45) is 0.0111. The highest BCUT2D eigenvalue weighted by Gasteiger charge is 2.53. The molecule has 0 saturated heterocycles. The molecule has 3 aromatic rings. The van der Waals surface area contributed by atoms with Crippen LogP contribution in [0.3, 0.4) is 0 Å². The number of benzene rings is 3. The van der Waals surface area contributed by atoms with E-state index >= 15 is 0 Å². The first kappa shape index (κ1) is 19.8. The predicted molar refractivity (Wildman–Crippen MR) is 113 cm³/mol. The number of hydrogen-bond donors (Lipinski definition) is 1. The van der Waals surface area contributed by atoms with E-state index in [1.807, 2.05) is 58.0 Å². The van der Waals surface area contributed by atoms with Crippen LogP contribution in [-0.4, -0.2) is 17.2 Å². The Balaban J connectivity index is 0.00000106. The summed E-state index contributed by atoms with van der Waals surface area (Å²) in [4.78, 5) is 12.7. The zero-order valence-electron chi connectivity index (χ0n) is 17.4. The maximum atomic E-state index is 12.7. The van der Waals surface area contributed by atoms with Gasteiger partial charge in [0.15, 0.2) is 5.60 Å². The van der Waals surface area contributed by atoms with Crippen molar-refractivity contribution in [2.45, 2.75) is 39.4 Å². The maximum absolute atomic E-state index is 12.7. The van der Waals surface area contributed by atoms with Gasteiger partial charge in [0.1, 0.15) is 23.0 Å². The zero-order valence-corrected chi connectivity index (χ0v) is 17.4. The summed E-state index contributed by atoms with van der Waals surface area (Å²) in [5, 5.41) is 9.98. The average molecular weight is 404 g/mol. The van der Waals surface area contributed by atoms with Crippen molar-refractivity contribution < 1.29 is 24.1 Å². The summed E-state index contributed by atoms with van der Waals surface area (Å²) in [5.74, 6) is 1.32. The fourth-order valence-electron chi connectivity index (χ4n) is 3.99. The number of aromatic hydroxyl groups is 1. The topological polar surface area (TPSA) is 65.0 Å². The van der Waals surface area contributed by atoms with Gasteiger partial charge >= 0.3 is 5.97 Å². The average Bonchev–Trinajstić information content (AvgIpc) is 3.02. The molecular weight excluding hydrogens is 380 g/mol. The highest BCUT2D eigenvalue weighted by Crippen LogP contribution is 2.56. The molecule has 30 heavy (non-hydrogen) atoms. The Kier molecular flexibility index (Phi) is 4.90. The quantitative estimate of drug-likeness (QED) is 0.549. The number of ether oxygens (including phenoxy) is 3. The summed E-state index contributed by atoms with van der Waals surface area (Å²) in [5.41, 5.74) is 1.56. The molecule has 0 aromatic heterocycles. The van der Waals surface area contributed by atoms with E-state index in [1.54, 1.807) is 24.3 Å². The molecule has 5 rings (SSSR count). The van der Waals surface area contributed by atoms with Crippen LogP contribution in [0.5, 0.6) is 23.0 Å². The summed E-state index contributed by atoms with van der Waals surface area (Å²) in [6, 6.07) is 17.7. The minimum Gasteiger partial charge on any atom is -0.508 e. The molecule has 0 bridgehead atoms. The second kappa shape index (κ2) is 7.41. The fraction of sp³-hybridized carbons (Fsp3) is 0.240. The van der Waals surface area contributed by atoms with E-state index in [0.29, 0.717) is 28.4 Å². The third-order valence-corrected chi connectivity index (χ3v) is 5.04. The number of rotatable bonds is 2. The van der Waals surface area contributed by atoms with Crippen molar-refractivity contribution in [3.63, 3.8) is 0 Å². The van der Waals surface area contributed by atoms with Gasteiger partial charge in [-0.15, -0.1) is 0 Å². The molecular formula is C25H24O5. The van der Waals surface area contributed by atoms with Gasteiger partial charge in [0.25, 0.3) is 0 Å². The van der Waals surface area contributed by atoms with Gasteiger partial charge in [-0.3, -0.25) is 0 Å². The lowest BCUT2D eigenvalue weighted by atomic mass is 9.77. The molecule has 0 amide bonds. The molecule has 154 valence electrons. The Morgan fingerprint density at radius 3 is 2.30 bits per heavy atom. The number of carbonyl (C=O) groups is 1. The van der Waals surface area contributed by atoms with Gasteiger partial charge in [0, 0.05) is 28.8 Å². The highest BCUT2D eigenvalue weighted by atomic mass is 16.6. The van der Waals surface area contributed by atoms with E-state index < -0.39 is 5.60 Å². The van der Waals surface area contributed by atoms with Crippen molar-refractivity contribution in [2.24, 2.45) is 0 Å². The molecule has 2 aliphatic heterocycles. The van der Waals surface area contributed by atoms with Crippen molar-refractivity contribution in [3.05, 3.63) is 82.9 Å². The molecule has 5 heteroatoms. The van der Waals surface area contributed by atoms with Crippen LogP contribution in [0.4, 0.5) is 0 Å². The van der Waals surface area contributed by atoms with E-state index in [4.69, 9.17) is 14.2 Å². The van der Waals surface area contributed by atoms with Gasteiger partial charge in [-0.2, -0.15) is 0 Å². The number of hydrogen-bond acceptors (Lipinski definition) is 5. The van der Waals surface area contributed by atoms with Crippen LogP contribution in [0.1, 0.15) is 54.7 Å². The van der Waals surface area contributed by atoms with Crippen molar-refractivity contribution in [1.82, 2.24) is 0 Å². The summed E-state index contributed by atoms with van der Waals surface area (Å²) >= 11 is 0. The number of phenolic OH excluding ortho intramolecular Hbond substituents is 1. The number of phenols is 1. The van der Waals surface area contributed by atoms with Gasteiger partial charge < -0.3 is 19.3 Å². The third-order valence-electron chi connectivity index (χ3n) is 5.04. The standard InChI is InChI=1S/C23H18O5.C2H6/c1-13(2)26-15-8-10-19-21(12-15)27-20-11-14(24)7-9-18(20)23(19)17-6-4-3-5-16(17)22(25)28-23;1-2/h3-13,24H,1-2H3;1-2H3. The first-order valence-electron chi connectivity index (χ1n) is 10.1. The largest absolute Gasteiger partial charge is 0.508 e. The van der Waals surface area contributed by atoms with Crippen molar-refractivity contribution in [2.75, 3.05) is 0 Å². The molecule has 0 radical (unpaired) electrons. The number of fused-ring (bicyclic) bond motifs is 6. The lowest BCUT2D eigenvalue weighted by Gasteiger charge is -2.36. The highest BCUT2D eigenvalue weighted by molar-refractivity contribution is 5.97. The number of esters is 1. The molecule has 1 N–H and O–H groups in total. The van der Waals surface area contributed by atoms with Gasteiger partial charge in [0.05, 0.1) is 11.7 Å². The first-order valence-corrected chi connectivity index (χ1v) is 10.1. The third kappa shape index (κ3) is 2.89. The molecule has 1 spiro atoms. The van der Waals surface area contributed by atoms with Crippen LogP contribution in [0.25, 0.3) is 0 Å². The predicted octanol–water partition coefficient (Wildman–Crippen LogP) is 5.77. The molecule has 0 saturated carbocycles. The molecule has 1 unspecified atom stereocenters. The van der Waals surface area contributed by atoms with Gasteiger partial charge in [-0.05, 0) is 44.2 Å². The Hall–Kier alpha value is -3.47. The minimum absolute atomic E-state index is 0.0111. The molecule has 3 aromatic carbocycles. The Morgan fingerprint density at radius 1 is 0.900 bits per heavy atom. The lowest BCUT2D eigenvalue weighted by molar-refractivity contribution is 0.0224. The molecule has 2 heterocycles. The van der Waals surface area contributed by atoms with E-state index in [9.17, 15) is 9.90 Å². The summed E-state index contributed by atoms with van der Waals surface area (Å²) in [7, 11) is 0. The molecule has 1 atom stereocenters. The Bertz CT molecular complexity index is 1120. The Morgan fingerprint density at radius 2 is 1.57 bits per heavy atom. The second-order valence-electron chi connectivity index (χ2n) is 7.22. The monoisotopic (exact) mass is 404 g/mol. The molecule has 5 nitrogen and oxygen atoms in total. The van der Waals surface area contributed by atoms with Crippen LogP contribution in [0.15, 0.2) is 60.7 Å². The van der Waals surface area contributed by atoms with Crippen molar-refractivity contribution in [3.8, 4) is 23.0 Å². The van der Waals surface area contributed by atoms with E-state index in [0.717, 1.165) is 11.1 Å². The maximum Gasteiger partial charge on any atom is 0.340 e. The first-order chi connectivity index (χ1) is 14.5. The Labute approximate surface area is 175 Å². The summed E-state index contributed by atoms with van der Waals surface area (Å²) in [6.45, 7) is 7.90. The van der Waals surface area contributed by atoms with Crippen LogP contribution in [0.2, 0.25) is 0 Å². The normalized spacial score (nSPS) is 17.8. The smallest absolute Gasteiger partial charge is 0.340 e. The SMILES string of the molecule is CC.CC(C)Oc1ccc2c(c1)Oc1cc(O)ccc1C21OC(=O)c2ccccc21. The number of carbonyl (C=O) groups excluding carboxylic acids is 1. The van der Waals surface area contributed by atoms with Gasteiger partial charge in [-0.1, -0.05) is 32.0 Å². The van der Waals surface area contributed by atoms with E-state index in [2.05, 4.69) is 0 Å². The van der Waals surface area contributed by atoms with Crippen molar-refractivity contribution in [1.29, 1.82) is 0 Å². The fourth-order valence-corrected chi connectivity index (χ4v) is 3.99. The van der Waals surface area contributed by atoms with Crippen LogP contribution in [-0.2, 0) is 10.3 Å². The van der Waals surface area contributed by atoms with Gasteiger partial charge in [0.2, 0.25) is 0 Å². The van der Waals surface area contributed by atoms with Crippen LogP contribution < -0.4 is 9.47 Å². The van der Waals surface area contributed by atoms with Crippen LogP contribution >= 0.6 is 0 Å². The molecule has 0 aliphatic carbocycles. The van der Waals surface area contributed by atoms with E-state index in [-0.39, 0.29) is 17.8 Å². The molecule has 0 fully saturated rings.